The minimum absolute atomic E-state index is 0.202. The molecule has 3 aromatic rings. The number of benzene rings is 2. The molecular formula is C23H24N2O5. The average molecular weight is 408 g/mol. The SMILES string of the molecule is COc1cc(C)cc2c(C)c(C(=O)N3CCCc4c(OCC(N)=O)cccc43)oc12. The van der Waals surface area contributed by atoms with Gasteiger partial charge in [0.05, 0.1) is 12.8 Å². The number of aryl methyl sites for hydroxylation is 2. The number of carbonyl (C=O) groups excluding carboxylic acids is 2. The van der Waals surface area contributed by atoms with Gasteiger partial charge in [-0.05, 0) is 56.5 Å². The first-order valence-electron chi connectivity index (χ1n) is 9.83. The van der Waals surface area contributed by atoms with Crippen molar-refractivity contribution in [1.29, 1.82) is 0 Å². The highest BCUT2D eigenvalue weighted by Gasteiger charge is 2.30. The van der Waals surface area contributed by atoms with Crippen molar-refractivity contribution >= 4 is 28.5 Å². The number of hydrogen-bond donors (Lipinski definition) is 1. The minimum Gasteiger partial charge on any atom is -0.493 e. The molecule has 0 radical (unpaired) electrons. The van der Waals surface area contributed by atoms with Crippen LogP contribution in [0, 0.1) is 13.8 Å². The molecule has 7 nitrogen and oxygen atoms in total. The number of methoxy groups -OCH3 is 1. The maximum atomic E-state index is 13.5. The van der Waals surface area contributed by atoms with Crippen molar-refractivity contribution in [3.05, 3.63) is 52.8 Å². The van der Waals surface area contributed by atoms with Crippen LogP contribution in [0.15, 0.2) is 34.7 Å². The largest absolute Gasteiger partial charge is 0.493 e. The standard InChI is InChI=1S/C23H24N2O5/c1-13-10-16-14(2)21(30-22(16)19(11-13)28-3)23(27)25-9-5-6-15-17(25)7-4-8-18(15)29-12-20(24)26/h4,7-8,10-11H,5-6,9,12H2,1-3H3,(H2,24,26). The quantitative estimate of drug-likeness (QED) is 0.697. The number of anilines is 1. The van der Waals surface area contributed by atoms with Crippen LogP contribution in [-0.2, 0) is 11.2 Å². The molecule has 0 saturated heterocycles. The molecule has 30 heavy (non-hydrogen) atoms. The molecule has 0 atom stereocenters. The van der Waals surface area contributed by atoms with Crippen molar-refractivity contribution in [2.75, 3.05) is 25.2 Å². The Morgan fingerprint density at radius 2 is 2.00 bits per heavy atom. The van der Waals surface area contributed by atoms with Crippen LogP contribution >= 0.6 is 0 Å². The smallest absolute Gasteiger partial charge is 0.294 e. The summed E-state index contributed by atoms with van der Waals surface area (Å²) in [4.78, 5) is 26.3. The Labute approximate surface area is 174 Å². The van der Waals surface area contributed by atoms with E-state index < -0.39 is 5.91 Å². The van der Waals surface area contributed by atoms with E-state index in [0.29, 0.717) is 29.4 Å². The lowest BCUT2D eigenvalue weighted by Crippen LogP contribution is -2.35. The van der Waals surface area contributed by atoms with Crippen LogP contribution in [0.25, 0.3) is 11.0 Å². The van der Waals surface area contributed by atoms with Crippen LogP contribution in [0.3, 0.4) is 0 Å². The third kappa shape index (κ3) is 3.36. The molecule has 2 heterocycles. The molecule has 0 bridgehead atoms. The Kier molecular flexibility index (Phi) is 5.11. The van der Waals surface area contributed by atoms with Gasteiger partial charge in [-0.3, -0.25) is 9.59 Å². The van der Waals surface area contributed by atoms with E-state index in [9.17, 15) is 9.59 Å². The van der Waals surface area contributed by atoms with Crippen molar-refractivity contribution in [3.8, 4) is 11.5 Å². The van der Waals surface area contributed by atoms with Gasteiger partial charge >= 0.3 is 0 Å². The Balaban J connectivity index is 1.75. The zero-order valence-electron chi connectivity index (χ0n) is 17.3. The molecule has 1 aliphatic heterocycles. The van der Waals surface area contributed by atoms with Gasteiger partial charge < -0.3 is 24.5 Å². The van der Waals surface area contributed by atoms with Crippen molar-refractivity contribution in [2.45, 2.75) is 26.7 Å². The van der Waals surface area contributed by atoms with Gasteiger partial charge in [0.15, 0.2) is 23.7 Å². The summed E-state index contributed by atoms with van der Waals surface area (Å²) in [5.41, 5.74) is 9.24. The second-order valence-corrected chi connectivity index (χ2v) is 7.47. The zero-order chi connectivity index (χ0) is 21.4. The molecule has 4 rings (SSSR count). The predicted octanol–water partition coefficient (Wildman–Crippen LogP) is 3.52. The van der Waals surface area contributed by atoms with Crippen molar-refractivity contribution in [3.63, 3.8) is 0 Å². The minimum atomic E-state index is -0.543. The maximum absolute atomic E-state index is 13.5. The van der Waals surface area contributed by atoms with Crippen LogP contribution in [0.2, 0.25) is 0 Å². The van der Waals surface area contributed by atoms with E-state index in [0.717, 1.165) is 40.6 Å². The first kappa shape index (κ1) is 19.8. The van der Waals surface area contributed by atoms with Gasteiger partial charge in [-0.1, -0.05) is 6.07 Å². The lowest BCUT2D eigenvalue weighted by molar-refractivity contribution is -0.119. The van der Waals surface area contributed by atoms with E-state index in [2.05, 4.69) is 0 Å². The molecule has 7 heteroatoms. The van der Waals surface area contributed by atoms with Gasteiger partial charge in [0.25, 0.3) is 11.8 Å². The summed E-state index contributed by atoms with van der Waals surface area (Å²) < 4.78 is 17.0. The fourth-order valence-corrected chi connectivity index (χ4v) is 3.99. The van der Waals surface area contributed by atoms with Crippen molar-refractivity contribution < 1.29 is 23.5 Å². The molecule has 2 amide bonds. The van der Waals surface area contributed by atoms with Gasteiger partial charge in [-0.25, -0.2) is 0 Å². The molecule has 1 aliphatic rings. The predicted molar refractivity (Wildman–Crippen MR) is 113 cm³/mol. The second-order valence-electron chi connectivity index (χ2n) is 7.47. The number of ether oxygens (including phenoxy) is 2. The summed E-state index contributed by atoms with van der Waals surface area (Å²) in [5, 5.41) is 0.867. The summed E-state index contributed by atoms with van der Waals surface area (Å²) in [7, 11) is 1.59. The second kappa shape index (κ2) is 7.74. The monoisotopic (exact) mass is 408 g/mol. The Morgan fingerprint density at radius 1 is 1.20 bits per heavy atom. The third-order valence-corrected chi connectivity index (χ3v) is 5.38. The average Bonchev–Trinajstić information content (AvgIpc) is 3.07. The number of amides is 2. The van der Waals surface area contributed by atoms with E-state index in [4.69, 9.17) is 19.6 Å². The molecule has 0 spiro atoms. The normalized spacial score (nSPS) is 13.2. The first-order valence-corrected chi connectivity index (χ1v) is 9.83. The number of primary amides is 1. The molecule has 0 fully saturated rings. The van der Waals surface area contributed by atoms with E-state index in [1.165, 1.54) is 0 Å². The molecule has 156 valence electrons. The van der Waals surface area contributed by atoms with Crippen molar-refractivity contribution in [2.24, 2.45) is 5.73 Å². The van der Waals surface area contributed by atoms with E-state index >= 15 is 0 Å². The maximum Gasteiger partial charge on any atom is 0.294 e. The lowest BCUT2D eigenvalue weighted by Gasteiger charge is -2.30. The lowest BCUT2D eigenvalue weighted by atomic mass is 10.00. The molecule has 0 aliphatic carbocycles. The number of nitrogens with two attached hydrogens (primary N) is 1. The number of furan rings is 1. The molecule has 2 aromatic carbocycles. The van der Waals surface area contributed by atoms with Gasteiger partial charge in [-0.2, -0.15) is 0 Å². The van der Waals surface area contributed by atoms with Crippen molar-refractivity contribution in [1.82, 2.24) is 0 Å². The molecule has 2 N–H and O–H groups in total. The number of rotatable bonds is 5. The summed E-state index contributed by atoms with van der Waals surface area (Å²) in [6.45, 7) is 4.23. The van der Waals surface area contributed by atoms with E-state index in [1.54, 1.807) is 24.1 Å². The highest BCUT2D eigenvalue weighted by molar-refractivity contribution is 6.09. The topological polar surface area (TPSA) is 95.0 Å². The van der Waals surface area contributed by atoms with Crippen LogP contribution in [0.4, 0.5) is 5.69 Å². The van der Waals surface area contributed by atoms with E-state index in [1.807, 2.05) is 32.0 Å². The molecule has 0 unspecified atom stereocenters. The van der Waals surface area contributed by atoms with Gasteiger partial charge in [0, 0.05) is 23.1 Å². The number of hydrogen-bond acceptors (Lipinski definition) is 5. The number of fused-ring (bicyclic) bond motifs is 2. The van der Waals surface area contributed by atoms with E-state index in [-0.39, 0.29) is 12.5 Å². The van der Waals surface area contributed by atoms with Crippen LogP contribution in [0.1, 0.15) is 33.7 Å². The first-order chi connectivity index (χ1) is 14.4. The van der Waals surface area contributed by atoms with Gasteiger partial charge in [0.2, 0.25) is 0 Å². The van der Waals surface area contributed by atoms with Crippen LogP contribution in [-0.4, -0.2) is 32.1 Å². The Morgan fingerprint density at radius 3 is 2.73 bits per heavy atom. The summed E-state index contributed by atoms with van der Waals surface area (Å²) >= 11 is 0. The van der Waals surface area contributed by atoms with Gasteiger partial charge in [-0.15, -0.1) is 0 Å². The highest BCUT2D eigenvalue weighted by atomic mass is 16.5. The third-order valence-electron chi connectivity index (χ3n) is 5.38. The Bertz CT molecular complexity index is 1150. The van der Waals surface area contributed by atoms with Crippen LogP contribution in [0.5, 0.6) is 11.5 Å². The fraction of sp³-hybridized carbons (Fsp3) is 0.304. The number of nitrogens with zero attached hydrogens (tertiary/aromatic N) is 1. The molecule has 0 saturated carbocycles. The fourth-order valence-electron chi connectivity index (χ4n) is 3.99. The zero-order valence-corrected chi connectivity index (χ0v) is 17.3. The summed E-state index contributed by atoms with van der Waals surface area (Å²) in [6.07, 6.45) is 1.53. The molecular weight excluding hydrogens is 384 g/mol. The molecule has 1 aromatic heterocycles. The summed E-state index contributed by atoms with van der Waals surface area (Å²) in [6, 6.07) is 9.35. The Hall–Kier alpha value is -3.48. The van der Waals surface area contributed by atoms with Gasteiger partial charge in [0.1, 0.15) is 5.75 Å². The summed E-state index contributed by atoms with van der Waals surface area (Å²) in [5.74, 6) is 0.718. The highest BCUT2D eigenvalue weighted by Crippen LogP contribution is 2.38. The van der Waals surface area contributed by atoms with Crippen LogP contribution < -0.4 is 20.1 Å². The number of carbonyl (C=O) groups is 2.